The van der Waals surface area contributed by atoms with E-state index in [-0.39, 0.29) is 11.6 Å². The van der Waals surface area contributed by atoms with E-state index in [1.54, 1.807) is 31.4 Å². The second kappa shape index (κ2) is 8.46. The summed E-state index contributed by atoms with van der Waals surface area (Å²) in [5.41, 5.74) is 1.35. The third-order valence-electron chi connectivity index (χ3n) is 2.99. The first-order valence-corrected chi connectivity index (χ1v) is 7.09. The molecule has 0 radical (unpaired) electrons. The quantitative estimate of drug-likeness (QED) is 0.759. The highest BCUT2D eigenvalue weighted by Crippen LogP contribution is 2.10. The Morgan fingerprint density at radius 2 is 2.04 bits per heavy atom. The fourth-order valence-corrected chi connectivity index (χ4v) is 1.79. The summed E-state index contributed by atoms with van der Waals surface area (Å²) in [7, 11) is 1.65. The van der Waals surface area contributed by atoms with Gasteiger partial charge >= 0.3 is 0 Å². The van der Waals surface area contributed by atoms with Gasteiger partial charge < -0.3 is 15.4 Å². The highest BCUT2D eigenvalue weighted by molar-refractivity contribution is 6.02. The first-order chi connectivity index (χ1) is 11.2. The topological polar surface area (TPSA) is 99.9 Å². The minimum Gasteiger partial charge on any atom is -0.385 e. The van der Waals surface area contributed by atoms with Crippen molar-refractivity contribution in [2.75, 3.05) is 30.9 Å². The van der Waals surface area contributed by atoms with E-state index >= 15 is 0 Å². The summed E-state index contributed by atoms with van der Waals surface area (Å²) in [6, 6.07) is 8.61. The van der Waals surface area contributed by atoms with Gasteiger partial charge in [-0.1, -0.05) is 0 Å². The molecule has 2 rings (SSSR count). The van der Waals surface area contributed by atoms with E-state index in [1.807, 2.05) is 6.07 Å². The second-order valence-electron chi connectivity index (χ2n) is 4.70. The zero-order valence-electron chi connectivity index (χ0n) is 12.7. The summed E-state index contributed by atoms with van der Waals surface area (Å²) < 4.78 is 4.95. The molecular weight excluding hydrogens is 294 g/mol. The van der Waals surface area contributed by atoms with Gasteiger partial charge in [-0.3, -0.25) is 4.79 Å². The maximum atomic E-state index is 12.1. The summed E-state index contributed by atoms with van der Waals surface area (Å²) in [6.07, 6.45) is 3.79. The highest BCUT2D eigenvalue weighted by atomic mass is 16.5. The Morgan fingerprint density at radius 3 is 2.65 bits per heavy atom. The van der Waals surface area contributed by atoms with Crippen molar-refractivity contribution in [2.24, 2.45) is 0 Å². The monoisotopic (exact) mass is 311 g/mol. The van der Waals surface area contributed by atoms with E-state index in [0.29, 0.717) is 23.7 Å². The van der Waals surface area contributed by atoms with E-state index < -0.39 is 0 Å². The molecule has 2 N–H and O–H groups in total. The van der Waals surface area contributed by atoms with Crippen molar-refractivity contribution in [3.05, 3.63) is 47.9 Å². The van der Waals surface area contributed by atoms with Crippen LogP contribution in [0.15, 0.2) is 36.7 Å². The van der Waals surface area contributed by atoms with E-state index in [2.05, 4.69) is 20.6 Å². The largest absolute Gasteiger partial charge is 0.385 e. The molecule has 0 saturated carbocycles. The van der Waals surface area contributed by atoms with Crippen LogP contribution in [0.2, 0.25) is 0 Å². The minimum absolute atomic E-state index is 0.219. The molecule has 0 unspecified atom stereocenters. The van der Waals surface area contributed by atoms with Crippen LogP contribution in [0.5, 0.6) is 0 Å². The average Bonchev–Trinajstić information content (AvgIpc) is 2.60. The van der Waals surface area contributed by atoms with Crippen molar-refractivity contribution < 1.29 is 9.53 Å². The summed E-state index contributed by atoms with van der Waals surface area (Å²) in [5, 5.41) is 14.5. The molecule has 2 aromatic rings. The van der Waals surface area contributed by atoms with Crippen LogP contribution in [-0.4, -0.2) is 36.1 Å². The van der Waals surface area contributed by atoms with Gasteiger partial charge in [0.2, 0.25) is 0 Å². The van der Waals surface area contributed by atoms with Gasteiger partial charge in [-0.2, -0.15) is 5.26 Å². The minimum atomic E-state index is -0.354. The lowest BCUT2D eigenvalue weighted by molar-refractivity contribution is 0.102. The molecule has 0 aliphatic rings. The lowest BCUT2D eigenvalue weighted by Crippen LogP contribution is -2.14. The van der Waals surface area contributed by atoms with Crippen molar-refractivity contribution >= 4 is 17.4 Å². The fourth-order valence-electron chi connectivity index (χ4n) is 1.79. The Hall–Kier alpha value is -2.98. The van der Waals surface area contributed by atoms with Gasteiger partial charge in [0, 0.05) is 25.9 Å². The molecule has 7 nitrogen and oxygen atoms in total. The van der Waals surface area contributed by atoms with Gasteiger partial charge in [0.05, 0.1) is 24.0 Å². The fraction of sp³-hybridized carbons (Fsp3) is 0.250. The molecule has 0 bridgehead atoms. The summed E-state index contributed by atoms with van der Waals surface area (Å²) in [5.74, 6) is 0.254. The van der Waals surface area contributed by atoms with Gasteiger partial charge in [0.1, 0.15) is 11.5 Å². The molecule has 0 aliphatic carbocycles. The predicted molar refractivity (Wildman–Crippen MR) is 86.1 cm³/mol. The molecule has 7 heteroatoms. The van der Waals surface area contributed by atoms with Crippen molar-refractivity contribution in [1.82, 2.24) is 9.97 Å². The van der Waals surface area contributed by atoms with Gasteiger partial charge in [-0.25, -0.2) is 9.97 Å². The molecule has 1 amide bonds. The van der Waals surface area contributed by atoms with Gasteiger partial charge in [0.25, 0.3) is 5.91 Å². The molecule has 0 atom stereocenters. The second-order valence-corrected chi connectivity index (χ2v) is 4.70. The summed E-state index contributed by atoms with van der Waals surface area (Å²) in [6.45, 7) is 1.39. The number of ether oxygens (including phenoxy) is 1. The number of hydrogen-bond acceptors (Lipinski definition) is 6. The zero-order valence-corrected chi connectivity index (χ0v) is 12.7. The van der Waals surface area contributed by atoms with Crippen LogP contribution in [0.25, 0.3) is 0 Å². The number of carbonyl (C=O) groups is 1. The molecule has 23 heavy (non-hydrogen) atoms. The Kier molecular flexibility index (Phi) is 6.03. The van der Waals surface area contributed by atoms with Gasteiger partial charge in [0.15, 0.2) is 0 Å². The van der Waals surface area contributed by atoms with Gasteiger partial charge in [-0.05, 0) is 30.7 Å². The van der Waals surface area contributed by atoms with Crippen LogP contribution in [0, 0.1) is 11.3 Å². The van der Waals surface area contributed by atoms with E-state index in [9.17, 15) is 4.79 Å². The third-order valence-corrected chi connectivity index (χ3v) is 2.99. The van der Waals surface area contributed by atoms with Crippen molar-refractivity contribution in [1.29, 1.82) is 5.26 Å². The molecule has 1 aromatic carbocycles. The molecule has 0 aliphatic heterocycles. The van der Waals surface area contributed by atoms with E-state index in [4.69, 9.17) is 10.00 Å². The smallest absolute Gasteiger partial charge is 0.275 e. The standard InChI is InChI=1S/C16H17N5O2/c1-23-8-2-7-18-15-11-19-14(10-20-15)16(22)21-13-5-3-12(9-17)4-6-13/h3-6,10-11H,2,7-8H2,1H3,(H,18,20)(H,21,22). The van der Waals surface area contributed by atoms with Crippen LogP contribution in [0.3, 0.4) is 0 Å². The molecule has 1 aromatic heterocycles. The average molecular weight is 311 g/mol. The predicted octanol–water partition coefficient (Wildman–Crippen LogP) is 2.05. The maximum absolute atomic E-state index is 12.1. The van der Waals surface area contributed by atoms with E-state index in [1.165, 1.54) is 12.4 Å². The highest BCUT2D eigenvalue weighted by Gasteiger charge is 2.08. The van der Waals surface area contributed by atoms with Crippen LogP contribution in [0.1, 0.15) is 22.5 Å². The number of nitrogens with one attached hydrogen (secondary N) is 2. The number of methoxy groups -OCH3 is 1. The number of nitrogens with zero attached hydrogens (tertiary/aromatic N) is 3. The molecule has 0 spiro atoms. The molecular formula is C16H17N5O2. The normalized spacial score (nSPS) is 9.91. The first-order valence-electron chi connectivity index (χ1n) is 7.09. The Labute approximate surface area is 134 Å². The molecule has 1 heterocycles. The van der Waals surface area contributed by atoms with Crippen molar-refractivity contribution in [3.63, 3.8) is 0 Å². The number of nitriles is 1. The summed E-state index contributed by atoms with van der Waals surface area (Å²) >= 11 is 0. The number of anilines is 2. The Balaban J connectivity index is 1.90. The number of amides is 1. The van der Waals surface area contributed by atoms with Crippen molar-refractivity contribution in [3.8, 4) is 6.07 Å². The number of benzene rings is 1. The van der Waals surface area contributed by atoms with Gasteiger partial charge in [-0.15, -0.1) is 0 Å². The summed E-state index contributed by atoms with van der Waals surface area (Å²) in [4.78, 5) is 20.3. The van der Waals surface area contributed by atoms with Crippen LogP contribution in [-0.2, 0) is 4.74 Å². The lowest BCUT2D eigenvalue weighted by atomic mass is 10.2. The van der Waals surface area contributed by atoms with Crippen LogP contribution < -0.4 is 10.6 Å². The van der Waals surface area contributed by atoms with E-state index in [0.717, 1.165) is 13.0 Å². The Bertz CT molecular complexity index is 677. The number of carbonyl (C=O) groups excluding carboxylic acids is 1. The molecule has 0 fully saturated rings. The maximum Gasteiger partial charge on any atom is 0.275 e. The lowest BCUT2D eigenvalue weighted by Gasteiger charge is -2.06. The molecule has 0 saturated heterocycles. The third kappa shape index (κ3) is 5.05. The zero-order chi connectivity index (χ0) is 16.5. The number of hydrogen-bond donors (Lipinski definition) is 2. The van der Waals surface area contributed by atoms with Crippen LogP contribution in [0.4, 0.5) is 11.5 Å². The molecule has 118 valence electrons. The van der Waals surface area contributed by atoms with Crippen molar-refractivity contribution in [2.45, 2.75) is 6.42 Å². The number of aromatic nitrogens is 2. The van der Waals surface area contributed by atoms with Crippen LogP contribution >= 0.6 is 0 Å². The SMILES string of the molecule is COCCCNc1cnc(C(=O)Nc2ccc(C#N)cc2)cn1. The number of rotatable bonds is 7. The first kappa shape index (κ1) is 16.4. The Morgan fingerprint density at radius 1 is 1.26 bits per heavy atom.